The van der Waals surface area contributed by atoms with Crippen LogP contribution >= 0.6 is 7.82 Å². The number of ether oxygens (including phenoxy) is 2. The molecule has 0 saturated heterocycles. The maximum Gasteiger partial charge on any atom is 0.472 e. The number of aliphatic hydroxyl groups is 2. The molecular weight excluding hydrogens is 731 g/mol. The molecule has 3 N–H and O–H groups in total. The molecule has 10 nitrogen and oxygen atoms in total. The van der Waals surface area contributed by atoms with Crippen LogP contribution in [0.2, 0.25) is 0 Å². The highest BCUT2D eigenvalue weighted by Crippen LogP contribution is 2.43. The number of aliphatic hydroxyl groups excluding tert-OH is 2. The van der Waals surface area contributed by atoms with Gasteiger partial charge < -0.3 is 24.6 Å². The van der Waals surface area contributed by atoms with Gasteiger partial charge in [-0.1, -0.05) is 213 Å². The van der Waals surface area contributed by atoms with Crippen LogP contribution in [0, 0.1) is 0 Å². The lowest BCUT2D eigenvalue weighted by atomic mass is 10.0. The summed E-state index contributed by atoms with van der Waals surface area (Å²) < 4.78 is 32.8. The molecule has 0 aromatic carbocycles. The molecule has 11 heteroatoms. The maximum atomic E-state index is 12.6. The lowest BCUT2D eigenvalue weighted by molar-refractivity contribution is -0.161. The average molecular weight is 821 g/mol. The summed E-state index contributed by atoms with van der Waals surface area (Å²) in [6.45, 7) is 2.44. The van der Waals surface area contributed by atoms with Gasteiger partial charge in [-0.15, -0.1) is 0 Å². The van der Waals surface area contributed by atoms with E-state index >= 15 is 0 Å². The van der Waals surface area contributed by atoms with Crippen LogP contribution in [-0.2, 0) is 32.7 Å². The fraction of sp³-hybridized carbons (Fsp3) is 0.956. The molecule has 0 rings (SSSR count). The van der Waals surface area contributed by atoms with Crippen LogP contribution in [0.3, 0.4) is 0 Å². The minimum atomic E-state index is -4.61. The van der Waals surface area contributed by atoms with Gasteiger partial charge in [0, 0.05) is 12.8 Å². The fourth-order valence-electron chi connectivity index (χ4n) is 6.88. The predicted octanol–water partition coefficient (Wildman–Crippen LogP) is 12.6. The summed E-state index contributed by atoms with van der Waals surface area (Å²) in [6.07, 6.45) is 39.2. The van der Waals surface area contributed by atoms with Gasteiger partial charge in [-0.3, -0.25) is 18.6 Å². The predicted molar refractivity (Wildman–Crippen MR) is 229 cm³/mol. The van der Waals surface area contributed by atoms with Gasteiger partial charge in [-0.25, -0.2) is 4.57 Å². The quantitative estimate of drug-likeness (QED) is 0.0308. The first kappa shape index (κ1) is 55.0. The standard InChI is InChI=1S/C45H89O10P/c1-3-5-7-9-11-13-15-17-19-21-23-25-27-29-31-33-35-37-45(49)55-43(41-54-56(50,51)53-39-42(47)38-46)40-52-44(48)36-34-32-30-28-26-24-22-20-18-16-14-12-10-8-6-4-2/h42-43,46-47H,3-41H2,1-2H3,(H,50,51)/t42-,43+/m0/s1. The Balaban J connectivity index is 4.19. The largest absolute Gasteiger partial charge is 0.472 e. The minimum Gasteiger partial charge on any atom is -0.462 e. The molecule has 0 heterocycles. The minimum absolute atomic E-state index is 0.193. The molecule has 0 aromatic rings. The summed E-state index contributed by atoms with van der Waals surface area (Å²) in [5.74, 6) is -0.906. The highest BCUT2D eigenvalue weighted by Gasteiger charge is 2.27. The summed E-state index contributed by atoms with van der Waals surface area (Å²) in [5.41, 5.74) is 0. The third-order valence-corrected chi connectivity index (χ3v) is 11.5. The summed E-state index contributed by atoms with van der Waals surface area (Å²) in [5, 5.41) is 18.4. The van der Waals surface area contributed by atoms with Crippen molar-refractivity contribution in [1.29, 1.82) is 0 Å². The van der Waals surface area contributed by atoms with Crippen molar-refractivity contribution < 1.29 is 47.8 Å². The molecule has 1 unspecified atom stereocenters. The van der Waals surface area contributed by atoms with Gasteiger partial charge in [0.1, 0.15) is 12.7 Å². The van der Waals surface area contributed by atoms with Crippen molar-refractivity contribution in [2.75, 3.05) is 26.4 Å². The number of hydrogen-bond acceptors (Lipinski definition) is 9. The smallest absolute Gasteiger partial charge is 0.462 e. The van der Waals surface area contributed by atoms with E-state index < -0.39 is 51.8 Å². The van der Waals surface area contributed by atoms with E-state index in [0.29, 0.717) is 12.8 Å². The Morgan fingerprint density at radius 2 is 0.768 bits per heavy atom. The van der Waals surface area contributed by atoms with E-state index in [4.69, 9.17) is 23.6 Å². The Hall–Kier alpha value is -1.03. The van der Waals surface area contributed by atoms with Crippen LogP contribution in [0.4, 0.5) is 0 Å². The molecule has 0 saturated carbocycles. The van der Waals surface area contributed by atoms with Gasteiger partial charge in [0.2, 0.25) is 0 Å². The van der Waals surface area contributed by atoms with E-state index in [2.05, 4.69) is 13.8 Å². The fourth-order valence-corrected chi connectivity index (χ4v) is 7.67. The van der Waals surface area contributed by atoms with Crippen LogP contribution in [0.15, 0.2) is 0 Å². The van der Waals surface area contributed by atoms with E-state index in [9.17, 15) is 24.2 Å². The van der Waals surface area contributed by atoms with E-state index in [-0.39, 0.29) is 19.4 Å². The first-order valence-corrected chi connectivity index (χ1v) is 25.0. The Bertz CT molecular complexity index is 904. The molecule has 0 radical (unpaired) electrons. The molecule has 3 atom stereocenters. The molecule has 0 amide bonds. The van der Waals surface area contributed by atoms with Crippen molar-refractivity contribution in [2.45, 2.75) is 251 Å². The van der Waals surface area contributed by atoms with Crippen LogP contribution in [-0.4, -0.2) is 65.7 Å². The number of hydrogen-bond donors (Lipinski definition) is 3. The van der Waals surface area contributed by atoms with E-state index in [1.54, 1.807) is 0 Å². The van der Waals surface area contributed by atoms with Crippen molar-refractivity contribution in [3.05, 3.63) is 0 Å². The van der Waals surface area contributed by atoms with Gasteiger partial charge in [0.25, 0.3) is 0 Å². The van der Waals surface area contributed by atoms with Crippen LogP contribution in [0.25, 0.3) is 0 Å². The normalized spacial score (nSPS) is 13.7. The Labute approximate surface area is 344 Å². The van der Waals surface area contributed by atoms with Crippen LogP contribution < -0.4 is 0 Å². The number of phosphoric ester groups is 1. The topological polar surface area (TPSA) is 149 Å². The summed E-state index contributed by atoms with van der Waals surface area (Å²) in [6, 6.07) is 0. The van der Waals surface area contributed by atoms with Gasteiger partial charge in [0.05, 0.1) is 19.8 Å². The van der Waals surface area contributed by atoms with E-state index in [1.807, 2.05) is 0 Å². The molecule has 334 valence electrons. The van der Waals surface area contributed by atoms with Crippen molar-refractivity contribution >= 4 is 19.8 Å². The van der Waals surface area contributed by atoms with Gasteiger partial charge >= 0.3 is 19.8 Å². The van der Waals surface area contributed by atoms with Crippen molar-refractivity contribution in [1.82, 2.24) is 0 Å². The number of rotatable bonds is 45. The summed E-state index contributed by atoms with van der Waals surface area (Å²) >= 11 is 0. The number of carbonyl (C=O) groups excluding carboxylic acids is 2. The number of esters is 2. The highest BCUT2D eigenvalue weighted by molar-refractivity contribution is 7.47. The van der Waals surface area contributed by atoms with Gasteiger partial charge in [-0.05, 0) is 12.8 Å². The van der Waals surface area contributed by atoms with Crippen molar-refractivity contribution in [3.63, 3.8) is 0 Å². The third kappa shape index (κ3) is 41.1. The van der Waals surface area contributed by atoms with Gasteiger partial charge in [-0.2, -0.15) is 0 Å². The third-order valence-electron chi connectivity index (χ3n) is 10.5. The summed E-state index contributed by atoms with van der Waals surface area (Å²) in [4.78, 5) is 35.1. The first-order valence-electron chi connectivity index (χ1n) is 23.5. The Morgan fingerprint density at radius 1 is 0.464 bits per heavy atom. The van der Waals surface area contributed by atoms with Crippen LogP contribution in [0.1, 0.15) is 239 Å². The molecule has 0 bridgehead atoms. The van der Waals surface area contributed by atoms with E-state index in [0.717, 1.165) is 32.1 Å². The highest BCUT2D eigenvalue weighted by atomic mass is 31.2. The number of unbranched alkanes of at least 4 members (excludes halogenated alkanes) is 31. The molecule has 56 heavy (non-hydrogen) atoms. The SMILES string of the molecule is CCCCCCCCCCCCCCCCCCCC(=O)O[C@H](COC(=O)CCCCCCCCCCCCCCCCCC)COP(=O)(O)OC[C@@H](O)CO. The molecule has 0 spiro atoms. The maximum absolute atomic E-state index is 12.6. The average Bonchev–Trinajstić information content (AvgIpc) is 3.19. The molecule has 0 aromatic heterocycles. The Kier molecular flexibility index (Phi) is 41.3. The Morgan fingerprint density at radius 3 is 1.11 bits per heavy atom. The summed E-state index contributed by atoms with van der Waals surface area (Å²) in [7, 11) is -4.61. The molecule has 0 aliphatic rings. The zero-order valence-corrected chi connectivity index (χ0v) is 37.3. The first-order chi connectivity index (χ1) is 27.2. The molecule has 0 fully saturated rings. The molecule has 0 aliphatic heterocycles. The second-order valence-corrected chi connectivity index (χ2v) is 17.6. The number of phosphoric acid groups is 1. The second-order valence-electron chi connectivity index (χ2n) is 16.2. The molecule has 0 aliphatic carbocycles. The van der Waals surface area contributed by atoms with Crippen molar-refractivity contribution in [3.8, 4) is 0 Å². The van der Waals surface area contributed by atoms with Gasteiger partial charge in [0.15, 0.2) is 6.10 Å². The monoisotopic (exact) mass is 821 g/mol. The lowest BCUT2D eigenvalue weighted by Crippen LogP contribution is -2.29. The van der Waals surface area contributed by atoms with Crippen LogP contribution in [0.5, 0.6) is 0 Å². The molecular formula is C45H89O10P. The number of carbonyl (C=O) groups is 2. The van der Waals surface area contributed by atoms with E-state index in [1.165, 1.54) is 167 Å². The zero-order valence-electron chi connectivity index (χ0n) is 36.4. The second kappa shape index (κ2) is 42.1. The lowest BCUT2D eigenvalue weighted by Gasteiger charge is -2.20. The van der Waals surface area contributed by atoms with Crippen molar-refractivity contribution in [2.24, 2.45) is 0 Å². The zero-order chi connectivity index (χ0) is 41.2.